The minimum Gasteiger partial charge on any atom is -0.387 e. The van der Waals surface area contributed by atoms with Gasteiger partial charge in [-0.3, -0.25) is 14.3 Å². The van der Waals surface area contributed by atoms with E-state index in [-0.39, 0.29) is 0 Å². The topological polar surface area (TPSA) is 105 Å². The molecule has 2 heterocycles. The Morgan fingerprint density at radius 3 is 2.68 bits per heavy atom. The number of ether oxygens (including phenoxy) is 1. The molecular formula is C14H23N2O5P. The van der Waals surface area contributed by atoms with Crippen molar-refractivity contribution in [1.82, 2.24) is 9.55 Å². The molecule has 2 rings (SSSR count). The Balaban J connectivity index is 2.28. The number of nitrogens with zero attached hydrogens (tertiary/aromatic N) is 1. The number of nitrogens with one attached hydrogen (secondary N) is 1. The van der Waals surface area contributed by atoms with Gasteiger partial charge in [0, 0.05) is 12.3 Å². The van der Waals surface area contributed by atoms with Gasteiger partial charge in [0.15, 0.2) is 6.23 Å². The van der Waals surface area contributed by atoms with Crippen molar-refractivity contribution >= 4 is 13.2 Å². The van der Waals surface area contributed by atoms with Gasteiger partial charge in [-0.05, 0) is 32.8 Å². The monoisotopic (exact) mass is 330 g/mol. The van der Waals surface area contributed by atoms with E-state index in [0.717, 1.165) is 10.7 Å². The summed E-state index contributed by atoms with van der Waals surface area (Å²) >= 11 is 0. The van der Waals surface area contributed by atoms with Crippen molar-refractivity contribution in [1.29, 1.82) is 0 Å². The number of aromatic amines is 1. The lowest BCUT2D eigenvalue weighted by Crippen LogP contribution is -2.46. The summed E-state index contributed by atoms with van der Waals surface area (Å²) in [4.78, 5) is 25.1. The summed E-state index contributed by atoms with van der Waals surface area (Å²) < 4.78 is 6.81. The molecule has 0 amide bonds. The van der Waals surface area contributed by atoms with Crippen LogP contribution in [-0.4, -0.2) is 63.4 Å². The van der Waals surface area contributed by atoms with Crippen LogP contribution in [0.4, 0.5) is 0 Å². The summed E-state index contributed by atoms with van der Waals surface area (Å²) in [6, 6.07) is 1.17. The third-order valence-electron chi connectivity index (χ3n) is 3.88. The molecule has 1 unspecified atom stereocenters. The maximum Gasteiger partial charge on any atom is 0.330 e. The largest absolute Gasteiger partial charge is 0.387 e. The van der Waals surface area contributed by atoms with Crippen molar-refractivity contribution in [2.24, 2.45) is 0 Å². The fourth-order valence-corrected chi connectivity index (χ4v) is 3.52. The van der Waals surface area contributed by atoms with Crippen LogP contribution in [0.1, 0.15) is 19.6 Å². The van der Waals surface area contributed by atoms with E-state index in [1.54, 1.807) is 0 Å². The lowest BCUT2D eigenvalue weighted by atomic mass is 9.95. The van der Waals surface area contributed by atoms with Crippen LogP contribution in [-0.2, 0) is 4.74 Å². The van der Waals surface area contributed by atoms with Crippen molar-refractivity contribution in [3.63, 3.8) is 0 Å². The molecule has 1 fully saturated rings. The first kappa shape index (κ1) is 17.2. The molecular weight excluding hydrogens is 307 g/mol. The van der Waals surface area contributed by atoms with E-state index < -0.39 is 42.2 Å². The van der Waals surface area contributed by atoms with Crippen LogP contribution < -0.4 is 11.2 Å². The van der Waals surface area contributed by atoms with E-state index in [0.29, 0.717) is 6.42 Å². The number of aromatic nitrogens is 2. The predicted octanol–water partition coefficient (Wildman–Crippen LogP) is -0.355. The van der Waals surface area contributed by atoms with E-state index in [1.807, 2.05) is 0 Å². The number of hydrogen-bond donors (Lipinski definition) is 3. The summed E-state index contributed by atoms with van der Waals surface area (Å²) in [7, 11) is 0. The van der Waals surface area contributed by atoms with E-state index in [1.165, 1.54) is 19.2 Å². The quantitative estimate of drug-likeness (QED) is 0.654. The Hall–Kier alpha value is -1.14. The van der Waals surface area contributed by atoms with Gasteiger partial charge in [0.1, 0.15) is 11.7 Å². The first-order chi connectivity index (χ1) is 10.0. The first-order valence-electron chi connectivity index (χ1n) is 7.07. The first-order valence-corrected chi connectivity index (χ1v) is 10.1. The molecule has 0 radical (unpaired) electrons. The molecule has 1 aliphatic rings. The smallest absolute Gasteiger partial charge is 0.330 e. The summed E-state index contributed by atoms with van der Waals surface area (Å²) in [5.74, 6) is 0. The van der Waals surface area contributed by atoms with Gasteiger partial charge in [-0.2, -0.15) is 0 Å². The molecule has 0 aliphatic carbocycles. The molecule has 1 aromatic heterocycles. The second-order valence-electron chi connectivity index (χ2n) is 6.66. The standard InChI is InChI=1S/C14H23N2O5P/c1-14(20)11(18)9(6-8-22(2,3)4)21-12(14)16-7-5-10(17)15-13(16)19/h5,7,9,11-12,18,20H,2,6,8H2,1,3-4H3,(H,15,17,19)/t9-,11-,12?,14-/m1/s1. The highest BCUT2D eigenvalue weighted by molar-refractivity contribution is 7.72. The van der Waals surface area contributed by atoms with Crippen LogP contribution >= 0.6 is 6.89 Å². The summed E-state index contributed by atoms with van der Waals surface area (Å²) in [6.45, 7) is 4.30. The maximum atomic E-state index is 11.9. The highest BCUT2D eigenvalue weighted by Gasteiger charge is 2.53. The second kappa shape index (κ2) is 5.81. The highest BCUT2D eigenvalue weighted by atomic mass is 31.2. The Kier molecular flexibility index (Phi) is 4.55. The summed E-state index contributed by atoms with van der Waals surface area (Å²) in [5.41, 5.74) is -2.84. The molecule has 124 valence electrons. The van der Waals surface area contributed by atoms with Crippen LogP contribution in [0.2, 0.25) is 0 Å². The third kappa shape index (κ3) is 3.43. The summed E-state index contributed by atoms with van der Waals surface area (Å²) in [5, 5.41) is 20.9. The fourth-order valence-electron chi connectivity index (χ4n) is 2.56. The van der Waals surface area contributed by atoms with E-state index >= 15 is 0 Å². The molecule has 7 nitrogen and oxygen atoms in total. The van der Waals surface area contributed by atoms with Crippen LogP contribution in [0.15, 0.2) is 21.9 Å². The molecule has 0 bridgehead atoms. The lowest BCUT2D eigenvalue weighted by Gasteiger charge is -2.27. The zero-order valence-electron chi connectivity index (χ0n) is 13.0. The van der Waals surface area contributed by atoms with Crippen LogP contribution in [0.25, 0.3) is 0 Å². The molecule has 1 aromatic rings. The Bertz CT molecular complexity index is 702. The van der Waals surface area contributed by atoms with Crippen molar-refractivity contribution in [3.8, 4) is 0 Å². The van der Waals surface area contributed by atoms with Crippen molar-refractivity contribution in [2.75, 3.05) is 19.5 Å². The zero-order valence-corrected chi connectivity index (χ0v) is 13.9. The van der Waals surface area contributed by atoms with Crippen molar-refractivity contribution in [2.45, 2.75) is 37.4 Å². The number of aliphatic hydroxyl groups is 2. The number of aliphatic hydroxyl groups excluding tert-OH is 1. The van der Waals surface area contributed by atoms with Gasteiger partial charge in [-0.25, -0.2) is 4.79 Å². The average molecular weight is 330 g/mol. The number of rotatable bonds is 4. The SMILES string of the molecule is C=P(C)(C)CC[C@H]1OC(n2ccc(=O)[nH]c2=O)[C@](C)(O)[C@@H]1O. The minimum absolute atomic E-state index is 0.528. The molecule has 4 atom stereocenters. The Morgan fingerprint density at radius 2 is 2.14 bits per heavy atom. The van der Waals surface area contributed by atoms with Crippen LogP contribution in [0.5, 0.6) is 0 Å². The van der Waals surface area contributed by atoms with Gasteiger partial charge in [-0.15, -0.1) is 13.2 Å². The van der Waals surface area contributed by atoms with Gasteiger partial charge in [0.2, 0.25) is 0 Å². The number of H-pyrrole nitrogens is 1. The average Bonchev–Trinajstić information content (AvgIpc) is 2.59. The normalized spacial score (nSPS) is 32.3. The van der Waals surface area contributed by atoms with E-state index in [9.17, 15) is 19.8 Å². The van der Waals surface area contributed by atoms with Gasteiger partial charge in [0.25, 0.3) is 5.56 Å². The molecule has 8 heteroatoms. The summed E-state index contributed by atoms with van der Waals surface area (Å²) in [6.07, 6.45) is 3.96. The van der Waals surface area contributed by atoms with Gasteiger partial charge < -0.3 is 14.9 Å². The van der Waals surface area contributed by atoms with E-state index in [4.69, 9.17) is 4.74 Å². The zero-order chi connectivity index (χ0) is 16.7. The maximum absolute atomic E-state index is 11.9. The van der Waals surface area contributed by atoms with Crippen molar-refractivity contribution < 1.29 is 14.9 Å². The highest BCUT2D eigenvalue weighted by Crippen LogP contribution is 2.42. The molecule has 0 spiro atoms. The Morgan fingerprint density at radius 1 is 1.50 bits per heavy atom. The van der Waals surface area contributed by atoms with Gasteiger partial charge >= 0.3 is 5.69 Å². The molecule has 0 saturated carbocycles. The van der Waals surface area contributed by atoms with Crippen LogP contribution in [0.3, 0.4) is 0 Å². The van der Waals surface area contributed by atoms with Gasteiger partial charge in [0.05, 0.1) is 6.10 Å². The van der Waals surface area contributed by atoms with Gasteiger partial charge in [-0.1, -0.05) is 0 Å². The molecule has 22 heavy (non-hydrogen) atoms. The third-order valence-corrected chi connectivity index (χ3v) is 5.35. The second-order valence-corrected chi connectivity index (χ2v) is 11.0. The molecule has 0 aromatic carbocycles. The van der Waals surface area contributed by atoms with Crippen LogP contribution in [0, 0.1) is 0 Å². The molecule has 1 saturated heterocycles. The lowest BCUT2D eigenvalue weighted by molar-refractivity contribution is -0.0975. The Labute approximate surface area is 128 Å². The van der Waals surface area contributed by atoms with Crippen molar-refractivity contribution in [3.05, 3.63) is 33.1 Å². The molecule has 3 N–H and O–H groups in total. The van der Waals surface area contributed by atoms with E-state index in [2.05, 4.69) is 24.6 Å². The number of hydrogen-bond acceptors (Lipinski definition) is 5. The fraction of sp³-hybridized carbons (Fsp3) is 0.643. The predicted molar refractivity (Wildman–Crippen MR) is 87.2 cm³/mol. The minimum atomic E-state index is -1.63. The molecule has 1 aliphatic heterocycles.